The molecule has 2 N–H and O–H groups in total. The Balaban J connectivity index is 2.32. The summed E-state index contributed by atoms with van der Waals surface area (Å²) >= 11 is 5.64. The van der Waals surface area contributed by atoms with Crippen molar-refractivity contribution < 1.29 is 4.42 Å². The highest BCUT2D eigenvalue weighted by molar-refractivity contribution is 6.28. The molecule has 0 radical (unpaired) electrons. The van der Waals surface area contributed by atoms with Crippen LogP contribution in [0.5, 0.6) is 0 Å². The molecule has 0 aliphatic carbocycles. The Labute approximate surface area is 103 Å². The van der Waals surface area contributed by atoms with Gasteiger partial charge in [-0.05, 0) is 23.7 Å². The van der Waals surface area contributed by atoms with Gasteiger partial charge >= 0.3 is 0 Å². The van der Waals surface area contributed by atoms with Gasteiger partial charge in [0, 0.05) is 6.20 Å². The van der Waals surface area contributed by atoms with E-state index >= 15 is 0 Å². The fourth-order valence-electron chi connectivity index (χ4n) is 1.51. The van der Waals surface area contributed by atoms with Crippen molar-refractivity contribution in [2.24, 2.45) is 0 Å². The van der Waals surface area contributed by atoms with Gasteiger partial charge in [0.05, 0.1) is 5.39 Å². The second-order valence-corrected chi connectivity index (χ2v) is 3.84. The molecule has 0 unspecified atom stereocenters. The molecule has 0 saturated heterocycles. The van der Waals surface area contributed by atoms with Crippen molar-refractivity contribution in [2.75, 3.05) is 0 Å². The molecule has 8 heteroatoms. The van der Waals surface area contributed by atoms with Crippen LogP contribution in [0.1, 0.15) is 0 Å². The average molecular weight is 265 g/mol. The number of furan rings is 1. The van der Waals surface area contributed by atoms with Crippen LogP contribution < -0.4 is 11.1 Å². The van der Waals surface area contributed by atoms with Gasteiger partial charge in [-0.15, -0.1) is 0 Å². The zero-order chi connectivity index (χ0) is 12.7. The zero-order valence-electron chi connectivity index (χ0n) is 8.73. The van der Waals surface area contributed by atoms with Crippen molar-refractivity contribution in [1.82, 2.24) is 20.2 Å². The number of rotatable bonds is 1. The molecule has 0 fully saturated rings. The third-order valence-corrected chi connectivity index (χ3v) is 2.53. The number of nitrogens with zero attached hydrogens (tertiary/aromatic N) is 2. The first-order chi connectivity index (χ1) is 8.65. The minimum atomic E-state index is -0.508. The van der Waals surface area contributed by atoms with Crippen molar-refractivity contribution in [3.05, 3.63) is 44.3 Å². The van der Waals surface area contributed by atoms with Crippen LogP contribution in [-0.4, -0.2) is 20.2 Å². The SMILES string of the molecule is O=c1[nH][nH]c(=O)c2nc(-c3ccc(Cl)o3)ncc12. The van der Waals surface area contributed by atoms with Gasteiger partial charge in [0.25, 0.3) is 11.1 Å². The fourth-order valence-corrected chi connectivity index (χ4v) is 1.66. The molecule has 0 saturated carbocycles. The summed E-state index contributed by atoms with van der Waals surface area (Å²) in [5.41, 5.74) is -0.976. The minimum absolute atomic E-state index is 0.00345. The number of fused-ring (bicyclic) bond motifs is 1. The second-order valence-electron chi connectivity index (χ2n) is 3.47. The number of nitrogens with one attached hydrogen (secondary N) is 2. The van der Waals surface area contributed by atoms with E-state index in [-0.39, 0.29) is 21.9 Å². The maximum Gasteiger partial charge on any atom is 0.289 e. The maximum absolute atomic E-state index is 11.5. The summed E-state index contributed by atoms with van der Waals surface area (Å²) in [6.45, 7) is 0. The largest absolute Gasteiger partial charge is 0.441 e. The van der Waals surface area contributed by atoms with Gasteiger partial charge in [-0.25, -0.2) is 9.97 Å². The molecular formula is C10H5ClN4O3. The van der Waals surface area contributed by atoms with Gasteiger partial charge in [0.2, 0.25) is 0 Å². The van der Waals surface area contributed by atoms with Gasteiger partial charge in [-0.2, -0.15) is 0 Å². The first kappa shape index (κ1) is 10.7. The molecule has 0 aromatic carbocycles. The minimum Gasteiger partial charge on any atom is -0.441 e. The van der Waals surface area contributed by atoms with Gasteiger partial charge in [0.1, 0.15) is 5.52 Å². The third kappa shape index (κ3) is 1.61. The van der Waals surface area contributed by atoms with Crippen LogP contribution in [0.15, 0.2) is 32.3 Å². The van der Waals surface area contributed by atoms with Crippen LogP contribution in [0.2, 0.25) is 5.22 Å². The van der Waals surface area contributed by atoms with E-state index < -0.39 is 11.1 Å². The molecule has 3 rings (SSSR count). The van der Waals surface area contributed by atoms with Gasteiger partial charge in [-0.1, -0.05) is 0 Å². The van der Waals surface area contributed by atoms with Crippen LogP contribution in [0.25, 0.3) is 22.5 Å². The molecule has 0 aliphatic rings. The normalized spacial score (nSPS) is 10.9. The van der Waals surface area contributed by atoms with Crippen LogP contribution in [0.4, 0.5) is 0 Å². The number of aromatic nitrogens is 4. The zero-order valence-corrected chi connectivity index (χ0v) is 9.49. The molecule has 90 valence electrons. The lowest BCUT2D eigenvalue weighted by atomic mass is 10.3. The van der Waals surface area contributed by atoms with E-state index in [9.17, 15) is 9.59 Å². The van der Waals surface area contributed by atoms with Gasteiger partial charge < -0.3 is 4.42 Å². The molecule has 0 spiro atoms. The summed E-state index contributed by atoms with van der Waals surface area (Å²) < 4.78 is 5.13. The van der Waals surface area contributed by atoms with E-state index in [1.54, 1.807) is 6.07 Å². The quantitative estimate of drug-likeness (QED) is 0.680. The standard InChI is InChI=1S/C10H5ClN4O3/c11-6-2-1-5(18-6)8-12-3-4-7(13-8)10(17)15-14-9(4)16/h1-3H,(H,14,16)(H,15,17). The van der Waals surface area contributed by atoms with E-state index in [1.165, 1.54) is 12.3 Å². The Morgan fingerprint density at radius 2 is 1.94 bits per heavy atom. The summed E-state index contributed by atoms with van der Waals surface area (Å²) in [4.78, 5) is 30.9. The number of aromatic amines is 2. The Morgan fingerprint density at radius 3 is 2.67 bits per heavy atom. The molecule has 18 heavy (non-hydrogen) atoms. The van der Waals surface area contributed by atoms with Crippen LogP contribution in [0, 0.1) is 0 Å². The van der Waals surface area contributed by atoms with Crippen LogP contribution >= 0.6 is 11.6 Å². The predicted octanol–water partition coefficient (Wildman–Crippen LogP) is 0.920. The van der Waals surface area contributed by atoms with Crippen LogP contribution in [0.3, 0.4) is 0 Å². The molecule has 0 amide bonds. The van der Waals surface area contributed by atoms with E-state index in [1.807, 2.05) is 0 Å². The van der Waals surface area contributed by atoms with E-state index in [2.05, 4.69) is 20.2 Å². The summed E-state index contributed by atoms with van der Waals surface area (Å²) in [5.74, 6) is 0.507. The monoisotopic (exact) mass is 264 g/mol. The highest BCUT2D eigenvalue weighted by atomic mass is 35.5. The van der Waals surface area contributed by atoms with E-state index in [4.69, 9.17) is 16.0 Å². The van der Waals surface area contributed by atoms with E-state index in [0.29, 0.717) is 5.76 Å². The van der Waals surface area contributed by atoms with Crippen molar-refractivity contribution in [2.45, 2.75) is 0 Å². The number of hydrogen-bond acceptors (Lipinski definition) is 5. The molecule has 3 aromatic rings. The molecule has 3 heterocycles. The van der Waals surface area contributed by atoms with Crippen LogP contribution in [-0.2, 0) is 0 Å². The van der Waals surface area contributed by atoms with Gasteiger partial charge in [0.15, 0.2) is 16.8 Å². The number of hydrogen-bond donors (Lipinski definition) is 2. The lowest BCUT2D eigenvalue weighted by molar-refractivity contribution is 0.579. The van der Waals surface area contributed by atoms with Crippen molar-refractivity contribution in [1.29, 1.82) is 0 Å². The lowest BCUT2D eigenvalue weighted by Gasteiger charge is -1.97. The summed E-state index contributed by atoms with van der Waals surface area (Å²) in [5, 5.41) is 4.67. The number of H-pyrrole nitrogens is 2. The average Bonchev–Trinajstić information content (AvgIpc) is 2.80. The third-order valence-electron chi connectivity index (χ3n) is 2.33. The lowest BCUT2D eigenvalue weighted by Crippen LogP contribution is -2.20. The van der Waals surface area contributed by atoms with E-state index in [0.717, 1.165) is 0 Å². The Bertz CT molecular complexity index is 848. The molecule has 0 aliphatic heterocycles. The summed E-state index contributed by atoms with van der Waals surface area (Å²) in [6, 6.07) is 3.11. The highest BCUT2D eigenvalue weighted by Gasteiger charge is 2.11. The fraction of sp³-hybridized carbons (Fsp3) is 0. The first-order valence-electron chi connectivity index (χ1n) is 4.88. The first-order valence-corrected chi connectivity index (χ1v) is 5.26. The smallest absolute Gasteiger partial charge is 0.289 e. The Hall–Kier alpha value is -2.41. The second kappa shape index (κ2) is 3.81. The number of halogens is 1. The molecule has 7 nitrogen and oxygen atoms in total. The predicted molar refractivity (Wildman–Crippen MR) is 63.5 cm³/mol. The molecule has 0 bridgehead atoms. The van der Waals surface area contributed by atoms with Crippen molar-refractivity contribution in [3.63, 3.8) is 0 Å². The molecule has 3 aromatic heterocycles. The van der Waals surface area contributed by atoms with Crippen molar-refractivity contribution in [3.8, 4) is 11.6 Å². The topological polar surface area (TPSA) is 105 Å². The maximum atomic E-state index is 11.5. The Morgan fingerprint density at radius 1 is 1.17 bits per heavy atom. The van der Waals surface area contributed by atoms with Crippen molar-refractivity contribution >= 4 is 22.5 Å². The molecular weight excluding hydrogens is 260 g/mol. The summed E-state index contributed by atoms with van der Waals surface area (Å²) in [7, 11) is 0. The summed E-state index contributed by atoms with van der Waals surface area (Å²) in [6.07, 6.45) is 1.27. The Kier molecular flexibility index (Phi) is 2.27. The molecule has 0 atom stereocenters. The highest BCUT2D eigenvalue weighted by Crippen LogP contribution is 2.21. The van der Waals surface area contributed by atoms with Gasteiger partial charge in [-0.3, -0.25) is 19.8 Å².